The van der Waals surface area contributed by atoms with E-state index >= 15 is 0 Å². The van der Waals surface area contributed by atoms with Gasteiger partial charge >= 0.3 is 0 Å². The summed E-state index contributed by atoms with van der Waals surface area (Å²) in [6.07, 6.45) is 0.416. The first-order valence-electron chi connectivity index (χ1n) is 6.21. The molecular weight excluding hydrogens is 248 g/mol. The second-order valence-corrected chi connectivity index (χ2v) is 5.67. The molecule has 6 heteroatoms. The van der Waals surface area contributed by atoms with Crippen molar-refractivity contribution in [3.05, 3.63) is 16.1 Å². The van der Waals surface area contributed by atoms with Gasteiger partial charge in [0, 0.05) is 52.2 Å². The van der Waals surface area contributed by atoms with E-state index in [0.29, 0.717) is 6.42 Å². The number of thiazole rings is 1. The zero-order chi connectivity index (χ0) is 13.0. The predicted octanol–water partition coefficient (Wildman–Crippen LogP) is 0.179. The van der Waals surface area contributed by atoms with Crippen LogP contribution in [0.2, 0.25) is 0 Å². The third kappa shape index (κ3) is 3.76. The number of carbonyl (C=O) groups is 1. The van der Waals surface area contributed by atoms with Gasteiger partial charge in [-0.2, -0.15) is 0 Å². The molecule has 1 aliphatic rings. The van der Waals surface area contributed by atoms with Gasteiger partial charge in [0.1, 0.15) is 5.01 Å². The number of hydrogen-bond acceptors (Lipinski definition) is 5. The van der Waals surface area contributed by atoms with E-state index in [1.165, 1.54) is 0 Å². The van der Waals surface area contributed by atoms with E-state index < -0.39 is 0 Å². The minimum atomic E-state index is 0.109. The van der Waals surface area contributed by atoms with Crippen LogP contribution in [-0.4, -0.2) is 61.0 Å². The van der Waals surface area contributed by atoms with Crippen LogP contribution in [-0.2, 0) is 17.8 Å². The van der Waals surface area contributed by atoms with Gasteiger partial charge in [0.15, 0.2) is 0 Å². The number of rotatable bonds is 4. The molecule has 1 N–H and O–H groups in total. The molecule has 0 aromatic carbocycles. The first-order valence-corrected chi connectivity index (χ1v) is 7.09. The molecule has 1 amide bonds. The number of hydrogen-bond donors (Lipinski definition) is 1. The molecule has 1 saturated heterocycles. The fourth-order valence-electron chi connectivity index (χ4n) is 1.89. The van der Waals surface area contributed by atoms with Crippen molar-refractivity contribution >= 4 is 17.2 Å². The standard InChI is InChI=1S/C12H20N4OS/c1-15(2)12(17)7-11-14-10(9-18-11)8-16-5-3-13-4-6-16/h9,13H,3-8H2,1-2H3. The van der Waals surface area contributed by atoms with E-state index in [9.17, 15) is 4.79 Å². The van der Waals surface area contributed by atoms with Gasteiger partial charge in [0.2, 0.25) is 5.91 Å². The first-order chi connectivity index (χ1) is 8.65. The van der Waals surface area contributed by atoms with Crippen molar-refractivity contribution in [2.75, 3.05) is 40.3 Å². The topological polar surface area (TPSA) is 48.5 Å². The molecule has 1 aliphatic heterocycles. The number of likely N-dealkylation sites (N-methyl/N-ethyl adjacent to an activating group) is 1. The van der Waals surface area contributed by atoms with Gasteiger partial charge in [-0.15, -0.1) is 11.3 Å². The summed E-state index contributed by atoms with van der Waals surface area (Å²) in [6.45, 7) is 5.15. The van der Waals surface area contributed by atoms with Gasteiger partial charge in [-0.1, -0.05) is 0 Å². The monoisotopic (exact) mass is 268 g/mol. The molecule has 0 spiro atoms. The second-order valence-electron chi connectivity index (χ2n) is 4.72. The van der Waals surface area contributed by atoms with Crippen LogP contribution in [0.5, 0.6) is 0 Å². The Balaban J connectivity index is 1.87. The van der Waals surface area contributed by atoms with E-state index in [0.717, 1.165) is 43.4 Å². The molecule has 5 nitrogen and oxygen atoms in total. The lowest BCUT2D eigenvalue weighted by molar-refractivity contribution is -0.127. The summed E-state index contributed by atoms with van der Waals surface area (Å²) in [5.41, 5.74) is 1.09. The number of carbonyl (C=O) groups excluding carboxylic acids is 1. The van der Waals surface area contributed by atoms with Crippen molar-refractivity contribution in [1.29, 1.82) is 0 Å². The van der Waals surface area contributed by atoms with E-state index in [-0.39, 0.29) is 5.91 Å². The first kappa shape index (κ1) is 13.5. The Bertz CT molecular complexity index is 399. The summed E-state index contributed by atoms with van der Waals surface area (Å²) in [7, 11) is 3.55. The largest absolute Gasteiger partial charge is 0.348 e. The zero-order valence-corrected chi connectivity index (χ0v) is 11.8. The molecular formula is C12H20N4OS. The third-order valence-corrected chi connectivity index (χ3v) is 3.89. The number of nitrogens with zero attached hydrogens (tertiary/aromatic N) is 3. The van der Waals surface area contributed by atoms with Crippen LogP contribution in [0, 0.1) is 0 Å². The number of aromatic nitrogens is 1. The molecule has 2 rings (SSSR count). The molecule has 0 atom stereocenters. The van der Waals surface area contributed by atoms with Crippen LogP contribution in [0.25, 0.3) is 0 Å². The Morgan fingerprint density at radius 3 is 2.89 bits per heavy atom. The lowest BCUT2D eigenvalue weighted by Crippen LogP contribution is -2.42. The molecule has 0 bridgehead atoms. The van der Waals surface area contributed by atoms with Crippen molar-refractivity contribution in [3.63, 3.8) is 0 Å². The molecule has 0 unspecified atom stereocenters. The van der Waals surface area contributed by atoms with Gasteiger partial charge < -0.3 is 10.2 Å². The van der Waals surface area contributed by atoms with E-state index in [2.05, 4.69) is 20.6 Å². The van der Waals surface area contributed by atoms with Crippen molar-refractivity contribution in [1.82, 2.24) is 20.1 Å². The lowest BCUT2D eigenvalue weighted by Gasteiger charge is -2.26. The van der Waals surface area contributed by atoms with Gasteiger partial charge in [-0.25, -0.2) is 4.98 Å². The molecule has 1 aromatic heterocycles. The number of nitrogens with one attached hydrogen (secondary N) is 1. The summed E-state index contributed by atoms with van der Waals surface area (Å²) >= 11 is 1.58. The second kappa shape index (κ2) is 6.26. The maximum atomic E-state index is 11.6. The highest BCUT2D eigenvalue weighted by molar-refractivity contribution is 7.09. The molecule has 0 saturated carbocycles. The van der Waals surface area contributed by atoms with Gasteiger partial charge in [0.05, 0.1) is 12.1 Å². The smallest absolute Gasteiger partial charge is 0.228 e. The zero-order valence-electron chi connectivity index (χ0n) is 11.0. The Kier molecular flexibility index (Phi) is 4.68. The Morgan fingerprint density at radius 2 is 2.22 bits per heavy atom. The Hall–Kier alpha value is -0.980. The molecule has 18 heavy (non-hydrogen) atoms. The Labute approximate surface area is 112 Å². The SMILES string of the molecule is CN(C)C(=O)Cc1nc(CN2CCNCC2)cs1. The Morgan fingerprint density at radius 1 is 1.50 bits per heavy atom. The van der Waals surface area contributed by atoms with E-state index in [4.69, 9.17) is 0 Å². The van der Waals surface area contributed by atoms with Gasteiger partial charge in [-0.05, 0) is 0 Å². The summed E-state index contributed by atoms with van der Waals surface area (Å²) in [6, 6.07) is 0. The highest BCUT2D eigenvalue weighted by Gasteiger charge is 2.13. The minimum absolute atomic E-state index is 0.109. The highest BCUT2D eigenvalue weighted by Crippen LogP contribution is 2.13. The lowest BCUT2D eigenvalue weighted by atomic mass is 10.3. The molecule has 1 fully saturated rings. The average Bonchev–Trinajstić information content (AvgIpc) is 2.77. The van der Waals surface area contributed by atoms with Crippen LogP contribution in [0.3, 0.4) is 0 Å². The summed E-state index contributed by atoms with van der Waals surface area (Å²) < 4.78 is 0. The van der Waals surface area contributed by atoms with E-state index in [1.54, 1.807) is 30.3 Å². The normalized spacial score (nSPS) is 16.8. The molecule has 0 aliphatic carbocycles. The maximum absolute atomic E-state index is 11.6. The predicted molar refractivity (Wildman–Crippen MR) is 72.7 cm³/mol. The molecule has 0 radical (unpaired) electrons. The van der Waals surface area contributed by atoms with Crippen LogP contribution in [0.15, 0.2) is 5.38 Å². The van der Waals surface area contributed by atoms with Crippen molar-refractivity contribution in [3.8, 4) is 0 Å². The van der Waals surface area contributed by atoms with Crippen LogP contribution in [0.1, 0.15) is 10.7 Å². The number of piperazine rings is 1. The highest BCUT2D eigenvalue weighted by atomic mass is 32.1. The van der Waals surface area contributed by atoms with Crippen molar-refractivity contribution in [2.24, 2.45) is 0 Å². The molecule has 100 valence electrons. The van der Waals surface area contributed by atoms with Gasteiger partial charge in [-0.3, -0.25) is 9.69 Å². The van der Waals surface area contributed by atoms with Gasteiger partial charge in [0.25, 0.3) is 0 Å². The van der Waals surface area contributed by atoms with Crippen LogP contribution in [0.4, 0.5) is 0 Å². The summed E-state index contributed by atoms with van der Waals surface area (Å²) in [5.74, 6) is 0.109. The third-order valence-electron chi connectivity index (χ3n) is 3.00. The minimum Gasteiger partial charge on any atom is -0.348 e. The average molecular weight is 268 g/mol. The fourth-order valence-corrected chi connectivity index (χ4v) is 2.66. The maximum Gasteiger partial charge on any atom is 0.228 e. The molecule has 2 heterocycles. The van der Waals surface area contributed by atoms with Crippen LogP contribution < -0.4 is 5.32 Å². The molecule has 1 aromatic rings. The number of amides is 1. The van der Waals surface area contributed by atoms with Crippen molar-refractivity contribution < 1.29 is 4.79 Å². The summed E-state index contributed by atoms with van der Waals surface area (Å²) in [4.78, 5) is 20.1. The quantitative estimate of drug-likeness (QED) is 0.846. The van der Waals surface area contributed by atoms with Crippen molar-refractivity contribution in [2.45, 2.75) is 13.0 Å². The fraction of sp³-hybridized carbons (Fsp3) is 0.667. The van der Waals surface area contributed by atoms with Crippen LogP contribution >= 0.6 is 11.3 Å². The van der Waals surface area contributed by atoms with E-state index in [1.807, 2.05) is 0 Å². The summed E-state index contributed by atoms with van der Waals surface area (Å²) in [5, 5.41) is 6.32.